The molecule has 0 saturated heterocycles. The highest BCUT2D eigenvalue weighted by Gasteiger charge is 2.55. The predicted molar refractivity (Wildman–Crippen MR) is 150 cm³/mol. The largest absolute Gasteiger partial charge is 0.331 e. The summed E-state index contributed by atoms with van der Waals surface area (Å²) in [4.78, 5) is 27.0. The number of carbonyl (C=O) groups is 1. The molecule has 186 valence electrons. The number of hydrogen-bond acceptors (Lipinski definition) is 5. The minimum Gasteiger partial charge on any atom is -0.331 e. The third-order valence-electron chi connectivity index (χ3n) is 7.57. The summed E-state index contributed by atoms with van der Waals surface area (Å²) in [5, 5.41) is 5.41. The van der Waals surface area contributed by atoms with Gasteiger partial charge >= 0.3 is 4.87 Å². The van der Waals surface area contributed by atoms with Crippen LogP contribution in [0.2, 0.25) is 5.02 Å². The molecule has 3 N–H and O–H groups in total. The monoisotopic (exact) mass is 556 g/mol. The van der Waals surface area contributed by atoms with E-state index in [1.165, 1.54) is 36.2 Å². The van der Waals surface area contributed by atoms with Gasteiger partial charge < -0.3 is 5.32 Å². The van der Waals surface area contributed by atoms with E-state index in [-0.39, 0.29) is 28.4 Å². The highest BCUT2D eigenvalue weighted by molar-refractivity contribution is 8.00. The SMILES string of the molecule is O=C(Cn1c2c(sc1=O)[C@H](c1ccc(Cl)cc1)[C@@H]1[C@H]3CC[C@@H](C3)[C@H]1S2)NNC(=S)Nc1ccccc1. The van der Waals surface area contributed by atoms with Gasteiger partial charge in [-0.15, -0.1) is 11.8 Å². The van der Waals surface area contributed by atoms with Gasteiger partial charge in [-0.05, 0) is 79.1 Å². The van der Waals surface area contributed by atoms with Gasteiger partial charge in [0.1, 0.15) is 6.54 Å². The summed E-state index contributed by atoms with van der Waals surface area (Å²) in [6.45, 7) is -0.0581. The predicted octanol–water partition coefficient (Wildman–Crippen LogP) is 5.23. The van der Waals surface area contributed by atoms with E-state index in [0.29, 0.717) is 28.0 Å². The van der Waals surface area contributed by atoms with Crippen LogP contribution in [0.25, 0.3) is 0 Å². The molecule has 3 aromatic rings. The number of halogens is 1. The van der Waals surface area contributed by atoms with Crippen LogP contribution in [0.1, 0.15) is 35.6 Å². The minimum absolute atomic E-state index is 0.0581. The second-order valence-electron chi connectivity index (χ2n) is 9.64. The highest BCUT2D eigenvalue weighted by Crippen LogP contribution is 2.64. The number of fused-ring (bicyclic) bond motifs is 6. The van der Waals surface area contributed by atoms with E-state index < -0.39 is 0 Å². The van der Waals surface area contributed by atoms with E-state index in [2.05, 4.69) is 28.3 Å². The van der Waals surface area contributed by atoms with Crippen molar-refractivity contribution in [1.82, 2.24) is 15.4 Å². The Hall–Kier alpha value is -2.33. The number of benzene rings is 2. The Balaban J connectivity index is 1.23. The number of rotatable bonds is 4. The summed E-state index contributed by atoms with van der Waals surface area (Å²) in [6, 6.07) is 17.5. The molecule has 2 bridgehead atoms. The van der Waals surface area contributed by atoms with Gasteiger partial charge in [-0.1, -0.05) is 53.3 Å². The summed E-state index contributed by atoms with van der Waals surface area (Å²) in [5.41, 5.74) is 7.38. The molecule has 1 aliphatic heterocycles. The van der Waals surface area contributed by atoms with Gasteiger partial charge in [0.2, 0.25) is 0 Å². The Morgan fingerprint density at radius 3 is 2.58 bits per heavy atom. The Bertz CT molecular complexity index is 1360. The average Bonchev–Trinajstić information content (AvgIpc) is 3.57. The lowest BCUT2D eigenvalue weighted by Crippen LogP contribution is -2.45. The highest BCUT2D eigenvalue weighted by atomic mass is 35.5. The average molecular weight is 557 g/mol. The second-order valence-corrected chi connectivity index (χ2v) is 12.6. The molecule has 0 radical (unpaired) electrons. The van der Waals surface area contributed by atoms with Gasteiger partial charge in [0.05, 0.1) is 5.03 Å². The summed E-state index contributed by atoms with van der Waals surface area (Å²) in [6.07, 6.45) is 3.79. The van der Waals surface area contributed by atoms with Gasteiger partial charge in [0.25, 0.3) is 5.91 Å². The number of nitrogens with zero attached hydrogens (tertiary/aromatic N) is 1. The molecule has 1 amide bonds. The molecular weight excluding hydrogens is 532 g/mol. The van der Waals surface area contributed by atoms with Crippen LogP contribution in [-0.2, 0) is 11.3 Å². The fourth-order valence-corrected chi connectivity index (χ4v) is 9.57. The number of thiazole rings is 1. The lowest BCUT2D eigenvalue weighted by molar-refractivity contribution is -0.122. The third-order valence-corrected chi connectivity index (χ3v) is 10.9. The van der Waals surface area contributed by atoms with E-state index in [1.807, 2.05) is 54.2 Å². The number of thiocarbonyl (C=S) groups is 1. The number of nitrogens with one attached hydrogen (secondary N) is 3. The molecule has 2 heterocycles. The minimum atomic E-state index is -0.325. The van der Waals surface area contributed by atoms with Crippen molar-refractivity contribution in [3.8, 4) is 0 Å². The van der Waals surface area contributed by atoms with E-state index in [0.717, 1.165) is 15.6 Å². The number of thioether (sulfide) groups is 1. The van der Waals surface area contributed by atoms with Crippen molar-refractivity contribution in [3.63, 3.8) is 0 Å². The molecule has 10 heteroatoms. The smallest absolute Gasteiger partial charge is 0.308 e. The molecule has 1 aromatic heterocycles. The van der Waals surface area contributed by atoms with Crippen molar-refractivity contribution in [3.05, 3.63) is 79.7 Å². The lowest BCUT2D eigenvalue weighted by Gasteiger charge is -2.40. The zero-order chi connectivity index (χ0) is 24.8. The second kappa shape index (κ2) is 9.85. The summed E-state index contributed by atoms with van der Waals surface area (Å²) < 4.78 is 1.64. The number of para-hydroxylation sites is 1. The molecule has 0 unspecified atom stereocenters. The molecule has 0 spiro atoms. The molecule has 2 aliphatic carbocycles. The number of carbonyl (C=O) groups excluding carboxylic acids is 1. The number of hydrazine groups is 1. The Morgan fingerprint density at radius 2 is 1.81 bits per heavy atom. The van der Waals surface area contributed by atoms with Gasteiger partial charge in [0.15, 0.2) is 5.11 Å². The van der Waals surface area contributed by atoms with E-state index in [9.17, 15) is 9.59 Å². The third kappa shape index (κ3) is 4.47. The van der Waals surface area contributed by atoms with Crippen molar-refractivity contribution >= 4 is 63.6 Å². The standard InChI is InChI=1S/C26H25ClN4O2S3/c27-17-10-8-14(9-11-17)20-21-15-6-7-16(12-15)22(21)35-24-23(20)36-26(33)31(24)13-19(32)29-30-25(34)28-18-4-2-1-3-5-18/h1-5,8-11,15-16,20-22H,6-7,12-13H2,(H,29,32)(H2,28,30,34)/t15-,16-,20+,21-,22+/m0/s1. The molecular formula is C26H25ClN4O2S3. The number of hydrogen-bond donors (Lipinski definition) is 3. The first-order chi connectivity index (χ1) is 17.5. The van der Waals surface area contributed by atoms with Crippen molar-refractivity contribution in [1.29, 1.82) is 0 Å². The molecule has 36 heavy (non-hydrogen) atoms. The zero-order valence-electron chi connectivity index (χ0n) is 19.3. The summed E-state index contributed by atoms with van der Waals surface area (Å²) in [7, 11) is 0. The molecule has 2 saturated carbocycles. The normalized spacial score (nSPS) is 25.6. The van der Waals surface area contributed by atoms with Crippen molar-refractivity contribution < 1.29 is 4.79 Å². The van der Waals surface area contributed by atoms with Crippen LogP contribution < -0.4 is 21.0 Å². The van der Waals surface area contributed by atoms with Gasteiger partial charge in [-0.2, -0.15) is 0 Å². The van der Waals surface area contributed by atoms with E-state index >= 15 is 0 Å². The van der Waals surface area contributed by atoms with Crippen molar-refractivity contribution in [2.24, 2.45) is 17.8 Å². The Kier molecular flexibility index (Phi) is 6.58. The first-order valence-electron chi connectivity index (χ1n) is 12.0. The molecule has 2 aromatic carbocycles. The Labute approximate surface area is 227 Å². The van der Waals surface area contributed by atoms with Gasteiger partial charge in [-0.25, -0.2) is 0 Å². The van der Waals surface area contributed by atoms with Gasteiger partial charge in [0, 0.05) is 26.8 Å². The van der Waals surface area contributed by atoms with Crippen LogP contribution in [0.5, 0.6) is 0 Å². The van der Waals surface area contributed by atoms with Crippen LogP contribution in [0.3, 0.4) is 0 Å². The van der Waals surface area contributed by atoms with Crippen LogP contribution in [0, 0.1) is 17.8 Å². The first kappa shape index (κ1) is 24.0. The fraction of sp³-hybridized carbons (Fsp3) is 0.346. The van der Waals surface area contributed by atoms with Crippen molar-refractivity contribution in [2.75, 3.05) is 5.32 Å². The number of amides is 1. The van der Waals surface area contributed by atoms with Crippen LogP contribution >= 0.6 is 46.9 Å². The molecule has 5 atom stereocenters. The maximum Gasteiger partial charge on any atom is 0.308 e. The van der Waals surface area contributed by atoms with E-state index in [4.69, 9.17) is 23.8 Å². The first-order valence-corrected chi connectivity index (χ1v) is 14.5. The fourth-order valence-electron chi connectivity index (χ4n) is 6.12. The lowest BCUT2D eigenvalue weighted by atomic mass is 9.75. The maximum atomic E-state index is 13.2. The molecule has 2 fully saturated rings. The van der Waals surface area contributed by atoms with E-state index in [1.54, 1.807) is 4.57 Å². The number of anilines is 1. The van der Waals surface area contributed by atoms with Crippen LogP contribution in [0.15, 0.2) is 64.4 Å². The van der Waals surface area contributed by atoms with Crippen LogP contribution in [-0.4, -0.2) is 20.8 Å². The summed E-state index contributed by atoms with van der Waals surface area (Å²) in [5.74, 6) is 1.73. The summed E-state index contributed by atoms with van der Waals surface area (Å²) >= 11 is 14.6. The molecule has 6 nitrogen and oxygen atoms in total. The zero-order valence-corrected chi connectivity index (χ0v) is 22.5. The Morgan fingerprint density at radius 1 is 1.06 bits per heavy atom. The molecule has 6 rings (SSSR count). The molecule has 3 aliphatic rings. The maximum absolute atomic E-state index is 13.2. The van der Waals surface area contributed by atoms with Crippen LogP contribution in [0.4, 0.5) is 5.69 Å². The quantitative estimate of drug-likeness (QED) is 0.302. The topological polar surface area (TPSA) is 75.2 Å². The number of aromatic nitrogens is 1. The van der Waals surface area contributed by atoms with Crippen molar-refractivity contribution in [2.45, 2.75) is 42.0 Å². The van der Waals surface area contributed by atoms with Gasteiger partial charge in [-0.3, -0.25) is 25.0 Å².